The van der Waals surface area contributed by atoms with Gasteiger partial charge in [0.2, 0.25) is 0 Å². The van der Waals surface area contributed by atoms with Crippen LogP contribution in [0, 0.1) is 11.8 Å². The fraction of sp³-hybridized carbons (Fsp3) is 0.688. The maximum atomic E-state index is 4.58. The molecule has 0 bridgehead atoms. The van der Waals surface area contributed by atoms with Crippen molar-refractivity contribution in [3.63, 3.8) is 0 Å². The monoisotopic (exact) mass is 246 g/mol. The molecule has 2 heteroatoms. The standard InChI is InChI=1S/C16H26N2/c1-3-13-9-5-6-10-14(13)16(17-4-2)15-11-7-8-12-18-15/h7-8,11-14,16-17H,3-6,9-10H2,1-2H3. The number of pyridine rings is 1. The molecule has 3 atom stereocenters. The Labute approximate surface area is 111 Å². The van der Waals surface area contributed by atoms with E-state index in [4.69, 9.17) is 0 Å². The lowest BCUT2D eigenvalue weighted by atomic mass is 9.73. The Balaban J connectivity index is 2.18. The molecular formula is C16H26N2. The molecule has 1 N–H and O–H groups in total. The molecule has 0 amide bonds. The van der Waals surface area contributed by atoms with Crippen LogP contribution >= 0.6 is 0 Å². The van der Waals surface area contributed by atoms with Gasteiger partial charge < -0.3 is 5.32 Å². The predicted molar refractivity (Wildman–Crippen MR) is 76.4 cm³/mol. The van der Waals surface area contributed by atoms with E-state index in [1.165, 1.54) is 37.8 Å². The Morgan fingerprint density at radius 3 is 2.78 bits per heavy atom. The Bertz CT molecular complexity index is 336. The van der Waals surface area contributed by atoms with Gasteiger partial charge >= 0.3 is 0 Å². The highest BCUT2D eigenvalue weighted by Crippen LogP contribution is 2.39. The first-order chi connectivity index (χ1) is 8.86. The van der Waals surface area contributed by atoms with Crippen molar-refractivity contribution in [2.45, 2.75) is 52.0 Å². The summed E-state index contributed by atoms with van der Waals surface area (Å²) in [7, 11) is 0. The molecule has 1 aromatic rings. The normalized spacial score (nSPS) is 25.9. The molecule has 0 aromatic carbocycles. The third kappa shape index (κ3) is 3.11. The molecule has 1 aromatic heterocycles. The van der Waals surface area contributed by atoms with Crippen molar-refractivity contribution in [3.8, 4) is 0 Å². The Morgan fingerprint density at radius 1 is 1.28 bits per heavy atom. The lowest BCUT2D eigenvalue weighted by Gasteiger charge is -2.37. The number of aromatic nitrogens is 1. The van der Waals surface area contributed by atoms with Crippen LogP contribution < -0.4 is 5.32 Å². The average Bonchev–Trinajstić information content (AvgIpc) is 2.46. The Kier molecular flexibility index (Phi) is 5.18. The summed E-state index contributed by atoms with van der Waals surface area (Å²) in [4.78, 5) is 4.58. The molecule has 1 saturated carbocycles. The van der Waals surface area contributed by atoms with E-state index in [1.807, 2.05) is 12.3 Å². The van der Waals surface area contributed by atoms with Crippen LogP contribution in [0.15, 0.2) is 24.4 Å². The number of rotatable bonds is 5. The zero-order valence-corrected chi connectivity index (χ0v) is 11.7. The van der Waals surface area contributed by atoms with Crippen molar-refractivity contribution >= 4 is 0 Å². The molecule has 2 nitrogen and oxygen atoms in total. The van der Waals surface area contributed by atoms with E-state index in [9.17, 15) is 0 Å². The Morgan fingerprint density at radius 2 is 2.11 bits per heavy atom. The fourth-order valence-corrected chi connectivity index (χ4v) is 3.44. The topological polar surface area (TPSA) is 24.9 Å². The first-order valence-electron chi connectivity index (χ1n) is 7.51. The van der Waals surface area contributed by atoms with Crippen molar-refractivity contribution in [1.29, 1.82) is 0 Å². The van der Waals surface area contributed by atoms with E-state index < -0.39 is 0 Å². The van der Waals surface area contributed by atoms with Gasteiger partial charge in [-0.25, -0.2) is 0 Å². The second-order valence-electron chi connectivity index (χ2n) is 5.41. The van der Waals surface area contributed by atoms with Crippen molar-refractivity contribution in [3.05, 3.63) is 30.1 Å². The molecule has 2 rings (SSSR count). The molecule has 1 aliphatic rings. The zero-order valence-electron chi connectivity index (χ0n) is 11.7. The van der Waals surface area contributed by atoms with E-state index in [1.54, 1.807) is 0 Å². The van der Waals surface area contributed by atoms with Gasteiger partial charge in [-0.2, -0.15) is 0 Å². The first kappa shape index (κ1) is 13.5. The summed E-state index contributed by atoms with van der Waals surface area (Å²) in [5.41, 5.74) is 1.23. The summed E-state index contributed by atoms with van der Waals surface area (Å²) >= 11 is 0. The lowest BCUT2D eigenvalue weighted by Crippen LogP contribution is -2.34. The van der Waals surface area contributed by atoms with Gasteiger partial charge in [0, 0.05) is 6.20 Å². The van der Waals surface area contributed by atoms with E-state index in [-0.39, 0.29) is 0 Å². The summed E-state index contributed by atoms with van der Waals surface area (Å²) in [6.45, 7) is 5.55. The van der Waals surface area contributed by atoms with Crippen molar-refractivity contribution in [1.82, 2.24) is 10.3 Å². The van der Waals surface area contributed by atoms with Gasteiger partial charge in [-0.1, -0.05) is 45.6 Å². The summed E-state index contributed by atoms with van der Waals surface area (Å²) in [5.74, 6) is 1.63. The molecule has 0 aliphatic heterocycles. The van der Waals surface area contributed by atoms with Crippen LogP contribution in [0.2, 0.25) is 0 Å². The summed E-state index contributed by atoms with van der Waals surface area (Å²) < 4.78 is 0. The molecule has 3 unspecified atom stereocenters. The number of hydrogen-bond acceptors (Lipinski definition) is 2. The molecule has 1 aliphatic carbocycles. The highest BCUT2D eigenvalue weighted by molar-refractivity contribution is 5.11. The van der Waals surface area contributed by atoms with Gasteiger partial charge in [0.05, 0.1) is 11.7 Å². The van der Waals surface area contributed by atoms with Crippen LogP contribution in [0.5, 0.6) is 0 Å². The minimum atomic E-state index is 0.446. The quantitative estimate of drug-likeness (QED) is 0.851. The molecule has 18 heavy (non-hydrogen) atoms. The Hall–Kier alpha value is -0.890. The molecule has 1 heterocycles. The minimum absolute atomic E-state index is 0.446. The van der Waals surface area contributed by atoms with Crippen LogP contribution in [0.25, 0.3) is 0 Å². The average molecular weight is 246 g/mol. The third-order valence-electron chi connectivity index (χ3n) is 4.35. The van der Waals surface area contributed by atoms with Crippen LogP contribution in [0.1, 0.15) is 57.7 Å². The first-order valence-corrected chi connectivity index (χ1v) is 7.51. The maximum Gasteiger partial charge on any atom is 0.0576 e. The highest BCUT2D eigenvalue weighted by Gasteiger charge is 2.31. The van der Waals surface area contributed by atoms with Crippen LogP contribution in [0.3, 0.4) is 0 Å². The summed E-state index contributed by atoms with van der Waals surface area (Å²) in [5, 5.41) is 3.67. The molecular weight excluding hydrogens is 220 g/mol. The van der Waals surface area contributed by atoms with Crippen LogP contribution in [0.4, 0.5) is 0 Å². The lowest BCUT2D eigenvalue weighted by molar-refractivity contribution is 0.174. The molecule has 0 saturated heterocycles. The third-order valence-corrected chi connectivity index (χ3v) is 4.35. The van der Waals surface area contributed by atoms with Gasteiger partial charge in [-0.15, -0.1) is 0 Å². The van der Waals surface area contributed by atoms with E-state index in [0.717, 1.165) is 18.4 Å². The van der Waals surface area contributed by atoms with Crippen LogP contribution in [-0.4, -0.2) is 11.5 Å². The SMILES string of the molecule is CCNC(c1ccccn1)C1CCCCC1CC. The van der Waals surface area contributed by atoms with Crippen molar-refractivity contribution in [2.24, 2.45) is 11.8 Å². The van der Waals surface area contributed by atoms with Gasteiger partial charge in [0.1, 0.15) is 0 Å². The van der Waals surface area contributed by atoms with Gasteiger partial charge in [0.15, 0.2) is 0 Å². The molecule has 0 radical (unpaired) electrons. The number of nitrogens with zero attached hydrogens (tertiary/aromatic N) is 1. The molecule has 1 fully saturated rings. The van der Waals surface area contributed by atoms with Gasteiger partial charge in [-0.05, 0) is 36.9 Å². The zero-order chi connectivity index (χ0) is 12.8. The predicted octanol–water partition coefficient (Wildman–Crippen LogP) is 3.95. The van der Waals surface area contributed by atoms with Crippen molar-refractivity contribution in [2.75, 3.05) is 6.54 Å². The minimum Gasteiger partial charge on any atom is -0.309 e. The van der Waals surface area contributed by atoms with E-state index in [2.05, 4.69) is 36.3 Å². The molecule has 100 valence electrons. The van der Waals surface area contributed by atoms with Gasteiger partial charge in [0.25, 0.3) is 0 Å². The van der Waals surface area contributed by atoms with E-state index in [0.29, 0.717) is 6.04 Å². The second kappa shape index (κ2) is 6.89. The number of nitrogens with one attached hydrogen (secondary N) is 1. The summed E-state index contributed by atoms with van der Waals surface area (Å²) in [6.07, 6.45) is 8.78. The fourth-order valence-electron chi connectivity index (χ4n) is 3.44. The van der Waals surface area contributed by atoms with E-state index >= 15 is 0 Å². The smallest absolute Gasteiger partial charge is 0.0576 e. The van der Waals surface area contributed by atoms with Crippen LogP contribution in [-0.2, 0) is 0 Å². The second-order valence-corrected chi connectivity index (χ2v) is 5.41. The highest BCUT2D eigenvalue weighted by atomic mass is 14.9. The summed E-state index contributed by atoms with van der Waals surface area (Å²) in [6, 6.07) is 6.73. The molecule has 0 spiro atoms. The van der Waals surface area contributed by atoms with Gasteiger partial charge in [-0.3, -0.25) is 4.98 Å². The maximum absolute atomic E-state index is 4.58. The largest absolute Gasteiger partial charge is 0.309 e. The van der Waals surface area contributed by atoms with Crippen molar-refractivity contribution < 1.29 is 0 Å². The number of hydrogen-bond donors (Lipinski definition) is 1.